The summed E-state index contributed by atoms with van der Waals surface area (Å²) < 4.78 is 5.24. The van der Waals surface area contributed by atoms with Crippen molar-refractivity contribution in [1.29, 1.82) is 0 Å². The summed E-state index contributed by atoms with van der Waals surface area (Å²) in [6.45, 7) is 0. The predicted molar refractivity (Wildman–Crippen MR) is 74.1 cm³/mol. The highest BCUT2D eigenvalue weighted by atomic mass is 16.5. The Kier molecular flexibility index (Phi) is 3.09. The van der Waals surface area contributed by atoms with E-state index in [4.69, 9.17) is 10.5 Å². The van der Waals surface area contributed by atoms with E-state index < -0.39 is 0 Å². The summed E-state index contributed by atoms with van der Waals surface area (Å²) in [5, 5.41) is 3.17. The molecule has 2 aliphatic rings. The number of hydrogen-bond acceptors (Lipinski definition) is 3. The SMILES string of the molecule is COc1cccc(N)c1C(=O)NC(C1CC1)C1CC1. The molecule has 3 N–H and O–H groups in total. The van der Waals surface area contributed by atoms with Crippen molar-refractivity contribution in [2.45, 2.75) is 31.7 Å². The monoisotopic (exact) mass is 260 g/mol. The van der Waals surface area contributed by atoms with Gasteiger partial charge in [0.05, 0.1) is 7.11 Å². The minimum absolute atomic E-state index is 0.0984. The number of nitrogens with one attached hydrogen (secondary N) is 1. The van der Waals surface area contributed by atoms with Gasteiger partial charge in [-0.25, -0.2) is 0 Å². The second kappa shape index (κ2) is 4.76. The number of nitrogen functional groups attached to an aromatic ring is 1. The maximum absolute atomic E-state index is 12.4. The van der Waals surface area contributed by atoms with Crippen LogP contribution in [0.25, 0.3) is 0 Å². The summed E-state index contributed by atoms with van der Waals surface area (Å²) in [4.78, 5) is 12.4. The molecular weight excluding hydrogens is 240 g/mol. The Hall–Kier alpha value is -1.71. The number of carbonyl (C=O) groups excluding carboxylic acids is 1. The molecule has 0 unspecified atom stereocenters. The van der Waals surface area contributed by atoms with E-state index in [0.717, 1.165) is 0 Å². The van der Waals surface area contributed by atoms with Gasteiger partial charge in [-0.15, -0.1) is 0 Å². The number of ether oxygens (including phenoxy) is 1. The van der Waals surface area contributed by atoms with Crippen LogP contribution in [0.15, 0.2) is 18.2 Å². The Labute approximate surface area is 113 Å². The summed E-state index contributed by atoms with van der Waals surface area (Å²) in [7, 11) is 1.56. The van der Waals surface area contributed by atoms with E-state index in [1.54, 1.807) is 25.3 Å². The fourth-order valence-electron chi connectivity index (χ4n) is 2.72. The quantitative estimate of drug-likeness (QED) is 0.798. The van der Waals surface area contributed by atoms with Crippen LogP contribution in [0.1, 0.15) is 36.0 Å². The lowest BCUT2D eigenvalue weighted by atomic mass is 10.1. The second-order valence-corrected chi connectivity index (χ2v) is 5.60. The first-order valence-corrected chi connectivity index (χ1v) is 6.94. The highest BCUT2D eigenvalue weighted by Crippen LogP contribution is 2.44. The molecule has 0 saturated heterocycles. The lowest BCUT2D eigenvalue weighted by Crippen LogP contribution is -2.38. The summed E-state index contributed by atoms with van der Waals surface area (Å²) in [5.74, 6) is 1.79. The molecule has 1 aromatic carbocycles. The topological polar surface area (TPSA) is 64.3 Å². The van der Waals surface area contributed by atoms with E-state index in [-0.39, 0.29) is 5.91 Å². The third kappa shape index (κ3) is 2.53. The first-order chi connectivity index (χ1) is 9.20. The van der Waals surface area contributed by atoms with Crippen LogP contribution < -0.4 is 15.8 Å². The van der Waals surface area contributed by atoms with Crippen molar-refractivity contribution in [3.63, 3.8) is 0 Å². The van der Waals surface area contributed by atoms with Crippen molar-refractivity contribution in [3.8, 4) is 5.75 Å². The Morgan fingerprint density at radius 3 is 2.47 bits per heavy atom. The third-order valence-corrected chi connectivity index (χ3v) is 4.06. The molecule has 0 atom stereocenters. The van der Waals surface area contributed by atoms with Crippen LogP contribution >= 0.6 is 0 Å². The number of methoxy groups -OCH3 is 1. The molecule has 1 aromatic rings. The van der Waals surface area contributed by atoms with Gasteiger partial charge in [-0.05, 0) is 49.7 Å². The summed E-state index contributed by atoms with van der Waals surface area (Å²) >= 11 is 0. The van der Waals surface area contributed by atoms with Crippen LogP contribution in [0, 0.1) is 11.8 Å². The molecule has 3 rings (SSSR count). The molecular formula is C15H20N2O2. The highest BCUT2D eigenvalue weighted by molar-refractivity contribution is 6.02. The normalized spacial score (nSPS) is 18.4. The van der Waals surface area contributed by atoms with Gasteiger partial charge >= 0.3 is 0 Å². The van der Waals surface area contributed by atoms with Gasteiger partial charge in [-0.1, -0.05) is 6.07 Å². The average Bonchev–Trinajstić information content (AvgIpc) is 3.28. The third-order valence-electron chi connectivity index (χ3n) is 4.06. The molecule has 0 aromatic heterocycles. The number of amides is 1. The van der Waals surface area contributed by atoms with Gasteiger partial charge in [0.1, 0.15) is 11.3 Å². The van der Waals surface area contributed by atoms with Gasteiger partial charge in [-0.2, -0.15) is 0 Å². The highest BCUT2D eigenvalue weighted by Gasteiger charge is 2.42. The lowest BCUT2D eigenvalue weighted by Gasteiger charge is -2.19. The molecule has 0 aliphatic heterocycles. The maximum atomic E-state index is 12.4. The van der Waals surface area contributed by atoms with Crippen LogP contribution in [0.2, 0.25) is 0 Å². The fourth-order valence-corrected chi connectivity index (χ4v) is 2.72. The maximum Gasteiger partial charge on any atom is 0.257 e. The van der Waals surface area contributed by atoms with E-state index >= 15 is 0 Å². The minimum atomic E-state index is -0.0984. The Morgan fingerprint density at radius 1 is 1.32 bits per heavy atom. The van der Waals surface area contributed by atoms with Crippen LogP contribution in [0.4, 0.5) is 5.69 Å². The number of benzene rings is 1. The van der Waals surface area contributed by atoms with Gasteiger partial charge in [0.25, 0.3) is 5.91 Å². The molecule has 102 valence electrons. The first kappa shape index (κ1) is 12.3. The molecule has 2 fully saturated rings. The van der Waals surface area contributed by atoms with Crippen molar-refractivity contribution in [2.24, 2.45) is 11.8 Å². The largest absolute Gasteiger partial charge is 0.496 e. The zero-order valence-electron chi connectivity index (χ0n) is 11.2. The number of hydrogen-bond donors (Lipinski definition) is 2. The van der Waals surface area contributed by atoms with Crippen molar-refractivity contribution in [3.05, 3.63) is 23.8 Å². The van der Waals surface area contributed by atoms with E-state index in [9.17, 15) is 4.79 Å². The standard InChI is InChI=1S/C15H20N2O2/c1-19-12-4-2-3-11(16)13(12)15(18)17-14(9-5-6-9)10-7-8-10/h2-4,9-10,14H,5-8,16H2,1H3,(H,17,18). The zero-order chi connectivity index (χ0) is 13.4. The first-order valence-electron chi connectivity index (χ1n) is 6.94. The van der Waals surface area contributed by atoms with Gasteiger partial charge in [0.2, 0.25) is 0 Å². The Bertz CT molecular complexity index is 481. The summed E-state index contributed by atoms with van der Waals surface area (Å²) in [5.41, 5.74) is 6.86. The molecule has 2 saturated carbocycles. The molecule has 19 heavy (non-hydrogen) atoms. The van der Waals surface area contributed by atoms with Gasteiger partial charge in [0, 0.05) is 11.7 Å². The van der Waals surface area contributed by atoms with Crippen LogP contribution in [0.5, 0.6) is 5.75 Å². The lowest BCUT2D eigenvalue weighted by molar-refractivity contribution is 0.0924. The van der Waals surface area contributed by atoms with Crippen molar-refractivity contribution in [1.82, 2.24) is 5.32 Å². The van der Waals surface area contributed by atoms with Gasteiger partial charge in [0.15, 0.2) is 0 Å². The van der Waals surface area contributed by atoms with E-state index in [1.807, 2.05) is 0 Å². The number of nitrogens with two attached hydrogens (primary N) is 1. The average molecular weight is 260 g/mol. The van der Waals surface area contributed by atoms with Crippen molar-refractivity contribution in [2.75, 3.05) is 12.8 Å². The molecule has 0 radical (unpaired) electrons. The molecule has 0 bridgehead atoms. The second-order valence-electron chi connectivity index (χ2n) is 5.60. The van der Waals surface area contributed by atoms with Crippen LogP contribution in [-0.2, 0) is 0 Å². The molecule has 2 aliphatic carbocycles. The van der Waals surface area contributed by atoms with Crippen molar-refractivity contribution < 1.29 is 9.53 Å². The molecule has 1 amide bonds. The molecule has 0 spiro atoms. The smallest absolute Gasteiger partial charge is 0.257 e. The van der Waals surface area contributed by atoms with E-state index in [0.29, 0.717) is 34.9 Å². The van der Waals surface area contributed by atoms with Gasteiger partial charge in [-0.3, -0.25) is 4.79 Å². The molecule has 4 nitrogen and oxygen atoms in total. The summed E-state index contributed by atoms with van der Waals surface area (Å²) in [6, 6.07) is 5.64. The number of anilines is 1. The fraction of sp³-hybridized carbons (Fsp3) is 0.533. The Balaban J connectivity index is 1.79. The molecule has 0 heterocycles. The van der Waals surface area contributed by atoms with Gasteiger partial charge < -0.3 is 15.8 Å². The van der Waals surface area contributed by atoms with Crippen LogP contribution in [0.3, 0.4) is 0 Å². The number of rotatable bonds is 5. The van der Waals surface area contributed by atoms with E-state index in [1.165, 1.54) is 25.7 Å². The van der Waals surface area contributed by atoms with E-state index in [2.05, 4.69) is 5.32 Å². The predicted octanol–water partition coefficient (Wildman–Crippen LogP) is 2.20. The zero-order valence-corrected chi connectivity index (χ0v) is 11.2. The number of carbonyl (C=O) groups is 1. The summed E-state index contributed by atoms with van der Waals surface area (Å²) in [6.07, 6.45) is 4.96. The van der Waals surface area contributed by atoms with Crippen LogP contribution in [-0.4, -0.2) is 19.1 Å². The van der Waals surface area contributed by atoms with Crippen molar-refractivity contribution >= 4 is 11.6 Å². The minimum Gasteiger partial charge on any atom is -0.496 e. The molecule has 4 heteroatoms. The Morgan fingerprint density at radius 2 is 1.95 bits per heavy atom.